The van der Waals surface area contributed by atoms with Crippen molar-refractivity contribution >= 4 is 39.1 Å². The van der Waals surface area contributed by atoms with E-state index in [-0.39, 0.29) is 41.4 Å². The summed E-state index contributed by atoms with van der Waals surface area (Å²) in [6.07, 6.45) is -0.115. The van der Waals surface area contributed by atoms with Crippen LogP contribution < -0.4 is 5.32 Å². The van der Waals surface area contributed by atoms with E-state index < -0.39 is 17.8 Å². The van der Waals surface area contributed by atoms with Crippen molar-refractivity contribution in [3.63, 3.8) is 0 Å². The monoisotopic (exact) mass is 590 g/mol. The van der Waals surface area contributed by atoms with Gasteiger partial charge in [-0.2, -0.15) is 23.4 Å². The fourth-order valence-corrected chi connectivity index (χ4v) is 5.03. The number of hydrogen-bond acceptors (Lipinski definition) is 6. The number of nitrogens with zero attached hydrogens (tertiary/aromatic N) is 5. The van der Waals surface area contributed by atoms with Crippen LogP contribution in [0.15, 0.2) is 47.2 Å². The molecule has 1 saturated carbocycles. The third-order valence-corrected chi connectivity index (χ3v) is 6.84. The number of benzene rings is 1. The van der Waals surface area contributed by atoms with Crippen LogP contribution >= 0.6 is 15.9 Å². The maximum absolute atomic E-state index is 13.3. The van der Waals surface area contributed by atoms with Crippen LogP contribution in [-0.2, 0) is 22.3 Å². The lowest BCUT2D eigenvalue weighted by molar-refractivity contribution is -0.142. The molecule has 1 aromatic carbocycles. The third kappa shape index (κ3) is 5.15. The van der Waals surface area contributed by atoms with E-state index in [4.69, 9.17) is 4.74 Å². The Labute approximate surface area is 223 Å². The molecule has 3 heterocycles. The average Bonchev–Trinajstić information content (AvgIpc) is 3.51. The smallest absolute Gasteiger partial charge is 0.436 e. The minimum absolute atomic E-state index is 0.0107. The molecule has 1 fully saturated rings. The first kappa shape index (κ1) is 25.9. The molecule has 0 atom stereocenters. The minimum atomic E-state index is -4.58. The molecule has 0 saturated heterocycles. The minimum Gasteiger partial charge on any atom is -0.462 e. The molecule has 0 spiro atoms. The van der Waals surface area contributed by atoms with Crippen LogP contribution in [0.1, 0.15) is 53.8 Å². The molecule has 0 aliphatic heterocycles. The molecule has 38 heavy (non-hydrogen) atoms. The number of carbonyl (C=O) groups excluding carboxylic acids is 2. The maximum Gasteiger partial charge on any atom is 0.436 e. The number of halogens is 4. The molecule has 1 amide bonds. The Hall–Kier alpha value is -3.74. The fraction of sp³-hybridized carbons (Fsp3) is 0.320. The molecule has 198 valence electrons. The lowest BCUT2D eigenvalue weighted by atomic mass is 10.1. The van der Waals surface area contributed by atoms with Gasteiger partial charge in [0.1, 0.15) is 5.56 Å². The maximum atomic E-state index is 13.3. The zero-order chi connectivity index (χ0) is 27.0. The molecule has 13 heteroatoms. The summed E-state index contributed by atoms with van der Waals surface area (Å²) in [5.74, 6) is -0.881. The Morgan fingerprint density at radius 1 is 1.24 bits per heavy atom. The van der Waals surface area contributed by atoms with Crippen molar-refractivity contribution in [2.75, 3.05) is 11.9 Å². The molecule has 1 aliphatic rings. The standard InChI is InChI=1S/C25H22BrF3N6O3/c1-2-38-24(37)17-13-31-35-18(8-10-30-23(17)35)15-4-3-5-16(12-15)32-19(36)9-11-34-21(14-6-7-14)20(26)22(33-34)25(27,28)29/h3-5,8,10,12-14H,2,6-7,9,11H2,1H3,(H,32,36). The summed E-state index contributed by atoms with van der Waals surface area (Å²) in [6, 6.07) is 8.73. The number of carbonyl (C=O) groups is 2. The van der Waals surface area contributed by atoms with Gasteiger partial charge in [0.2, 0.25) is 5.91 Å². The SMILES string of the molecule is CCOC(=O)c1cnn2c(-c3cccc(NC(=O)CCn4nc(C(F)(F)F)c(Br)c4C4CC4)c3)ccnc12. The van der Waals surface area contributed by atoms with Crippen molar-refractivity contribution in [3.8, 4) is 11.3 Å². The first-order chi connectivity index (χ1) is 18.2. The zero-order valence-corrected chi connectivity index (χ0v) is 21.7. The van der Waals surface area contributed by atoms with Crippen molar-refractivity contribution in [1.82, 2.24) is 24.4 Å². The van der Waals surface area contributed by atoms with Crippen LogP contribution in [0.2, 0.25) is 0 Å². The topological polar surface area (TPSA) is 103 Å². The number of ether oxygens (including phenoxy) is 1. The van der Waals surface area contributed by atoms with Gasteiger partial charge in [-0.15, -0.1) is 0 Å². The first-order valence-electron chi connectivity index (χ1n) is 11.9. The number of fused-ring (bicyclic) bond motifs is 1. The summed E-state index contributed by atoms with van der Waals surface area (Å²) in [5, 5.41) is 10.8. The van der Waals surface area contributed by atoms with E-state index in [0.29, 0.717) is 28.3 Å². The number of aryl methyl sites for hydroxylation is 1. The predicted octanol–water partition coefficient (Wildman–Crippen LogP) is 5.46. The van der Waals surface area contributed by atoms with E-state index >= 15 is 0 Å². The molecule has 0 bridgehead atoms. The second kappa shape index (κ2) is 10.2. The first-order valence-corrected chi connectivity index (χ1v) is 12.7. The van der Waals surface area contributed by atoms with Crippen LogP contribution in [0.5, 0.6) is 0 Å². The molecule has 5 rings (SSSR count). The summed E-state index contributed by atoms with van der Waals surface area (Å²) in [5.41, 5.74) is 1.92. The van der Waals surface area contributed by atoms with Gasteiger partial charge in [-0.25, -0.2) is 14.3 Å². The molecule has 9 nitrogen and oxygen atoms in total. The Morgan fingerprint density at radius 2 is 2.03 bits per heavy atom. The summed E-state index contributed by atoms with van der Waals surface area (Å²) >= 11 is 3.06. The van der Waals surface area contributed by atoms with Gasteiger partial charge in [-0.3, -0.25) is 9.48 Å². The van der Waals surface area contributed by atoms with Gasteiger partial charge in [0.25, 0.3) is 0 Å². The second-order valence-electron chi connectivity index (χ2n) is 8.77. The van der Waals surface area contributed by atoms with Crippen molar-refractivity contribution < 1.29 is 27.5 Å². The van der Waals surface area contributed by atoms with E-state index in [1.54, 1.807) is 37.4 Å². The fourth-order valence-electron chi connectivity index (χ4n) is 4.20. The van der Waals surface area contributed by atoms with Crippen LogP contribution in [0.3, 0.4) is 0 Å². The third-order valence-electron chi connectivity index (χ3n) is 6.05. The van der Waals surface area contributed by atoms with Crippen LogP contribution in [0.4, 0.5) is 18.9 Å². The Morgan fingerprint density at radius 3 is 2.74 bits per heavy atom. The summed E-state index contributed by atoms with van der Waals surface area (Å²) in [7, 11) is 0. The molecule has 1 aliphatic carbocycles. The van der Waals surface area contributed by atoms with Crippen LogP contribution in [0, 0.1) is 0 Å². The summed E-state index contributed by atoms with van der Waals surface area (Å²) in [4.78, 5) is 29.2. The van der Waals surface area contributed by atoms with Crippen molar-refractivity contribution in [2.24, 2.45) is 0 Å². The molecule has 1 N–H and O–H groups in total. The lowest BCUT2D eigenvalue weighted by Crippen LogP contribution is -2.16. The van der Waals surface area contributed by atoms with Crippen LogP contribution in [0.25, 0.3) is 16.9 Å². The average molecular weight is 591 g/mol. The number of esters is 1. The van der Waals surface area contributed by atoms with Gasteiger partial charge < -0.3 is 10.1 Å². The van der Waals surface area contributed by atoms with Gasteiger partial charge in [-0.1, -0.05) is 12.1 Å². The normalized spacial score (nSPS) is 13.6. The number of hydrogen-bond donors (Lipinski definition) is 1. The van der Waals surface area contributed by atoms with E-state index in [1.165, 1.54) is 15.4 Å². The van der Waals surface area contributed by atoms with Gasteiger partial charge >= 0.3 is 12.1 Å². The van der Waals surface area contributed by atoms with E-state index in [0.717, 1.165) is 12.8 Å². The quantitative estimate of drug-likeness (QED) is 0.273. The molecular formula is C25H22BrF3N6O3. The number of nitrogens with one attached hydrogen (secondary N) is 1. The highest BCUT2D eigenvalue weighted by atomic mass is 79.9. The highest BCUT2D eigenvalue weighted by Gasteiger charge is 2.41. The molecule has 4 aromatic rings. The summed E-state index contributed by atoms with van der Waals surface area (Å²) < 4.78 is 47.8. The zero-order valence-electron chi connectivity index (χ0n) is 20.1. The Bertz CT molecular complexity index is 1530. The van der Waals surface area contributed by atoms with E-state index in [9.17, 15) is 22.8 Å². The highest BCUT2D eigenvalue weighted by molar-refractivity contribution is 9.10. The molecule has 0 radical (unpaired) electrons. The number of aromatic nitrogens is 5. The van der Waals surface area contributed by atoms with Crippen molar-refractivity contribution in [1.29, 1.82) is 0 Å². The largest absolute Gasteiger partial charge is 0.462 e. The van der Waals surface area contributed by atoms with E-state index in [2.05, 4.69) is 36.4 Å². The number of alkyl halides is 3. The van der Waals surface area contributed by atoms with Crippen molar-refractivity contribution in [3.05, 3.63) is 64.1 Å². The second-order valence-corrected chi connectivity index (χ2v) is 9.56. The van der Waals surface area contributed by atoms with E-state index in [1.807, 2.05) is 6.07 Å². The van der Waals surface area contributed by atoms with Gasteiger partial charge in [0, 0.05) is 29.8 Å². The highest BCUT2D eigenvalue weighted by Crippen LogP contribution is 2.47. The van der Waals surface area contributed by atoms with Gasteiger partial charge in [0.15, 0.2) is 11.3 Å². The molecule has 3 aromatic heterocycles. The summed E-state index contributed by atoms with van der Waals surface area (Å²) in [6.45, 7) is 1.95. The Balaban J connectivity index is 1.32. The molecular weight excluding hydrogens is 569 g/mol. The lowest BCUT2D eigenvalue weighted by Gasteiger charge is -2.10. The van der Waals surface area contributed by atoms with Gasteiger partial charge in [-0.05, 0) is 53.9 Å². The predicted molar refractivity (Wildman–Crippen MR) is 135 cm³/mol. The number of anilines is 1. The van der Waals surface area contributed by atoms with Crippen molar-refractivity contribution in [2.45, 2.75) is 44.8 Å². The number of amides is 1. The number of rotatable bonds is 8. The van der Waals surface area contributed by atoms with Crippen LogP contribution in [-0.4, -0.2) is 42.9 Å². The molecule has 0 unspecified atom stereocenters. The van der Waals surface area contributed by atoms with Gasteiger partial charge in [0.05, 0.1) is 35.2 Å². The Kier molecular flexibility index (Phi) is 6.95.